The van der Waals surface area contributed by atoms with Crippen LogP contribution in [0.2, 0.25) is 5.02 Å². The third-order valence-corrected chi connectivity index (χ3v) is 3.87. The summed E-state index contributed by atoms with van der Waals surface area (Å²) in [5, 5.41) is 0.530. The zero-order valence-electron chi connectivity index (χ0n) is 9.59. The first-order valence-corrected chi connectivity index (χ1v) is 7.10. The van der Waals surface area contributed by atoms with Gasteiger partial charge in [0.1, 0.15) is 0 Å². The van der Waals surface area contributed by atoms with Crippen LogP contribution < -0.4 is 0 Å². The summed E-state index contributed by atoms with van der Waals surface area (Å²) in [6, 6.07) is 5.41. The number of nitrogens with zero attached hydrogens (tertiary/aromatic N) is 1. The van der Waals surface area contributed by atoms with Crippen molar-refractivity contribution < 1.29 is 4.79 Å². The predicted molar refractivity (Wildman–Crippen MR) is 73.5 cm³/mol. The number of carbonyl (C=O) groups is 1. The average molecular weight is 317 g/mol. The van der Waals surface area contributed by atoms with Gasteiger partial charge < -0.3 is 4.90 Å². The number of hydrogen-bond donors (Lipinski definition) is 0. The van der Waals surface area contributed by atoms with E-state index in [2.05, 4.69) is 15.9 Å². The van der Waals surface area contributed by atoms with E-state index in [4.69, 9.17) is 11.6 Å². The molecule has 92 valence electrons. The molecular weight excluding hydrogens is 302 g/mol. The van der Waals surface area contributed by atoms with Crippen LogP contribution in [-0.4, -0.2) is 23.9 Å². The van der Waals surface area contributed by atoms with Gasteiger partial charge in [-0.05, 0) is 31.0 Å². The quantitative estimate of drug-likeness (QED) is 0.763. The molecule has 0 aromatic heterocycles. The van der Waals surface area contributed by atoms with Crippen molar-refractivity contribution in [2.24, 2.45) is 0 Å². The fourth-order valence-corrected chi connectivity index (χ4v) is 2.66. The number of hydrogen-bond acceptors (Lipinski definition) is 1. The Morgan fingerprint density at radius 3 is 2.47 bits per heavy atom. The molecule has 0 spiro atoms. The van der Waals surface area contributed by atoms with Gasteiger partial charge in [-0.1, -0.05) is 40.4 Å². The van der Waals surface area contributed by atoms with E-state index in [1.807, 2.05) is 11.0 Å². The molecule has 2 nitrogen and oxygen atoms in total. The molecule has 1 aliphatic heterocycles. The maximum atomic E-state index is 12.3. The second-order valence-electron chi connectivity index (χ2n) is 4.33. The predicted octanol–water partition coefficient (Wildman–Crippen LogP) is 4.12. The SMILES string of the molecule is O=C(c1cc(Br)ccc1Cl)N1CCCCCC1. The van der Waals surface area contributed by atoms with Crippen LogP contribution in [0.5, 0.6) is 0 Å². The molecule has 0 atom stereocenters. The minimum absolute atomic E-state index is 0.0539. The van der Waals surface area contributed by atoms with Gasteiger partial charge in [-0.15, -0.1) is 0 Å². The molecule has 1 aliphatic rings. The standard InChI is InChI=1S/C13H15BrClNO/c14-10-5-6-12(15)11(9-10)13(17)16-7-3-1-2-4-8-16/h5-6,9H,1-4,7-8H2. The van der Waals surface area contributed by atoms with Crippen molar-refractivity contribution in [2.45, 2.75) is 25.7 Å². The van der Waals surface area contributed by atoms with E-state index in [1.165, 1.54) is 12.8 Å². The highest BCUT2D eigenvalue weighted by Gasteiger charge is 2.19. The number of amides is 1. The molecule has 1 amide bonds. The van der Waals surface area contributed by atoms with Crippen LogP contribution in [0.1, 0.15) is 36.0 Å². The Balaban J connectivity index is 2.20. The molecule has 0 aliphatic carbocycles. The monoisotopic (exact) mass is 315 g/mol. The van der Waals surface area contributed by atoms with E-state index in [0.29, 0.717) is 10.6 Å². The second-order valence-corrected chi connectivity index (χ2v) is 5.65. The molecule has 0 unspecified atom stereocenters. The van der Waals surface area contributed by atoms with E-state index >= 15 is 0 Å². The van der Waals surface area contributed by atoms with Gasteiger partial charge in [0.25, 0.3) is 5.91 Å². The van der Waals surface area contributed by atoms with Crippen molar-refractivity contribution in [1.29, 1.82) is 0 Å². The van der Waals surface area contributed by atoms with Crippen LogP contribution in [-0.2, 0) is 0 Å². The van der Waals surface area contributed by atoms with Crippen LogP contribution in [0.15, 0.2) is 22.7 Å². The summed E-state index contributed by atoms with van der Waals surface area (Å²) in [7, 11) is 0. The molecule has 0 radical (unpaired) electrons. The molecule has 1 heterocycles. The Kier molecular flexibility index (Phi) is 4.46. The number of rotatable bonds is 1. The van der Waals surface area contributed by atoms with Gasteiger partial charge in [0.15, 0.2) is 0 Å². The van der Waals surface area contributed by atoms with Crippen LogP contribution >= 0.6 is 27.5 Å². The molecule has 0 N–H and O–H groups in total. The van der Waals surface area contributed by atoms with E-state index in [0.717, 1.165) is 30.4 Å². The molecule has 17 heavy (non-hydrogen) atoms. The molecule has 4 heteroatoms. The molecule has 0 bridgehead atoms. The Hall–Kier alpha value is -0.540. The number of halogens is 2. The summed E-state index contributed by atoms with van der Waals surface area (Å²) in [6.45, 7) is 1.70. The summed E-state index contributed by atoms with van der Waals surface area (Å²) in [4.78, 5) is 14.3. The summed E-state index contributed by atoms with van der Waals surface area (Å²) in [5.41, 5.74) is 0.600. The van der Waals surface area contributed by atoms with Crippen molar-refractivity contribution in [3.05, 3.63) is 33.3 Å². The van der Waals surface area contributed by atoms with Crippen LogP contribution in [0.25, 0.3) is 0 Å². The molecule has 0 saturated carbocycles. The summed E-state index contributed by atoms with van der Waals surface area (Å²) in [5.74, 6) is 0.0539. The number of benzene rings is 1. The lowest BCUT2D eigenvalue weighted by atomic mass is 10.2. The van der Waals surface area contributed by atoms with Gasteiger partial charge in [-0.25, -0.2) is 0 Å². The minimum Gasteiger partial charge on any atom is -0.339 e. The molecular formula is C13H15BrClNO. The Labute approximate surface area is 115 Å². The van der Waals surface area contributed by atoms with Gasteiger partial charge >= 0.3 is 0 Å². The first-order chi connectivity index (χ1) is 8.18. The molecule has 1 aromatic carbocycles. The largest absolute Gasteiger partial charge is 0.339 e. The topological polar surface area (TPSA) is 20.3 Å². The van der Waals surface area contributed by atoms with Crippen molar-refractivity contribution in [3.8, 4) is 0 Å². The molecule has 1 saturated heterocycles. The smallest absolute Gasteiger partial charge is 0.255 e. The van der Waals surface area contributed by atoms with Crippen LogP contribution in [0, 0.1) is 0 Å². The van der Waals surface area contributed by atoms with Gasteiger partial charge in [0.05, 0.1) is 10.6 Å². The number of carbonyl (C=O) groups excluding carboxylic acids is 1. The van der Waals surface area contributed by atoms with Crippen molar-refractivity contribution in [1.82, 2.24) is 4.90 Å². The van der Waals surface area contributed by atoms with Crippen molar-refractivity contribution >= 4 is 33.4 Å². The van der Waals surface area contributed by atoms with Gasteiger partial charge in [0, 0.05) is 17.6 Å². The lowest BCUT2D eigenvalue weighted by Gasteiger charge is -2.20. The minimum atomic E-state index is 0.0539. The maximum absolute atomic E-state index is 12.3. The third kappa shape index (κ3) is 3.23. The van der Waals surface area contributed by atoms with E-state index in [9.17, 15) is 4.79 Å². The number of likely N-dealkylation sites (tertiary alicyclic amines) is 1. The highest BCUT2D eigenvalue weighted by molar-refractivity contribution is 9.10. The normalized spacial score (nSPS) is 16.7. The highest BCUT2D eigenvalue weighted by Crippen LogP contribution is 2.23. The Bertz CT molecular complexity index is 414. The van der Waals surface area contributed by atoms with E-state index in [1.54, 1.807) is 12.1 Å². The third-order valence-electron chi connectivity index (χ3n) is 3.05. The lowest BCUT2D eigenvalue weighted by molar-refractivity contribution is 0.0762. The fourth-order valence-electron chi connectivity index (χ4n) is 2.11. The van der Waals surface area contributed by atoms with Gasteiger partial charge in [-0.3, -0.25) is 4.79 Å². The Morgan fingerprint density at radius 1 is 1.18 bits per heavy atom. The Morgan fingerprint density at radius 2 is 1.82 bits per heavy atom. The fraction of sp³-hybridized carbons (Fsp3) is 0.462. The zero-order valence-corrected chi connectivity index (χ0v) is 11.9. The summed E-state index contributed by atoms with van der Waals surface area (Å²) >= 11 is 9.46. The van der Waals surface area contributed by atoms with E-state index < -0.39 is 0 Å². The summed E-state index contributed by atoms with van der Waals surface area (Å²) < 4.78 is 0.889. The molecule has 1 aromatic rings. The highest BCUT2D eigenvalue weighted by atomic mass is 79.9. The zero-order chi connectivity index (χ0) is 12.3. The van der Waals surface area contributed by atoms with Crippen LogP contribution in [0.4, 0.5) is 0 Å². The maximum Gasteiger partial charge on any atom is 0.255 e. The average Bonchev–Trinajstić information content (AvgIpc) is 2.60. The molecule has 2 rings (SSSR count). The van der Waals surface area contributed by atoms with Gasteiger partial charge in [-0.2, -0.15) is 0 Å². The van der Waals surface area contributed by atoms with E-state index in [-0.39, 0.29) is 5.91 Å². The van der Waals surface area contributed by atoms with Crippen molar-refractivity contribution in [3.63, 3.8) is 0 Å². The second kappa shape index (κ2) is 5.87. The van der Waals surface area contributed by atoms with Gasteiger partial charge in [0.2, 0.25) is 0 Å². The lowest BCUT2D eigenvalue weighted by Crippen LogP contribution is -2.32. The summed E-state index contributed by atoms with van der Waals surface area (Å²) in [6.07, 6.45) is 4.63. The first-order valence-electron chi connectivity index (χ1n) is 5.93. The first kappa shape index (κ1) is 12.9. The van der Waals surface area contributed by atoms with Crippen molar-refractivity contribution in [2.75, 3.05) is 13.1 Å². The molecule has 1 fully saturated rings. The van der Waals surface area contributed by atoms with Crippen LogP contribution in [0.3, 0.4) is 0 Å².